The molecule has 1 heterocycles. The molecule has 118 valence electrons. The molecule has 1 aliphatic rings. The molecule has 3 N–H and O–H groups in total. The summed E-state index contributed by atoms with van der Waals surface area (Å²) in [5, 5.41) is 17.1. The Bertz CT molecular complexity index is 456. The summed E-state index contributed by atoms with van der Waals surface area (Å²) in [6, 6.07) is 1.92. The van der Waals surface area contributed by atoms with Gasteiger partial charge in [-0.1, -0.05) is 13.8 Å². The zero-order chi connectivity index (χ0) is 15.3. The van der Waals surface area contributed by atoms with E-state index >= 15 is 0 Å². The van der Waals surface area contributed by atoms with E-state index in [1.165, 1.54) is 0 Å². The number of aryl methyl sites for hydroxylation is 1. The van der Waals surface area contributed by atoms with Crippen molar-refractivity contribution in [1.29, 1.82) is 0 Å². The van der Waals surface area contributed by atoms with Gasteiger partial charge in [0.1, 0.15) is 5.82 Å². The van der Waals surface area contributed by atoms with Crippen molar-refractivity contribution in [1.82, 2.24) is 9.97 Å². The van der Waals surface area contributed by atoms with Gasteiger partial charge in [-0.15, -0.1) is 0 Å². The third-order valence-corrected chi connectivity index (χ3v) is 4.19. The molecule has 0 spiro atoms. The maximum Gasteiger partial charge on any atom is 0.224 e. The van der Waals surface area contributed by atoms with Crippen molar-refractivity contribution in [2.45, 2.75) is 58.5 Å². The van der Waals surface area contributed by atoms with Crippen LogP contribution in [0, 0.1) is 12.8 Å². The van der Waals surface area contributed by atoms with Gasteiger partial charge in [0.25, 0.3) is 0 Å². The highest BCUT2D eigenvalue weighted by Gasteiger charge is 2.31. The van der Waals surface area contributed by atoms with Crippen molar-refractivity contribution in [2.75, 3.05) is 23.7 Å². The summed E-state index contributed by atoms with van der Waals surface area (Å²) >= 11 is 0. The zero-order valence-electron chi connectivity index (χ0n) is 13.4. The molecule has 21 heavy (non-hydrogen) atoms. The standard InChI is InChI=1S/C16H28N4O/c1-4-9-17-15-19-13(3)10-14(20-15)18-11-16(21)7-5-12(2)6-8-16/h10,12,21H,4-9,11H2,1-3H3,(H2,17,18,19,20). The lowest BCUT2D eigenvalue weighted by molar-refractivity contribution is 0.00494. The quantitative estimate of drug-likeness (QED) is 0.752. The minimum atomic E-state index is -0.595. The smallest absolute Gasteiger partial charge is 0.224 e. The lowest BCUT2D eigenvalue weighted by atomic mass is 9.79. The molecule has 0 unspecified atom stereocenters. The predicted molar refractivity (Wildman–Crippen MR) is 86.6 cm³/mol. The van der Waals surface area contributed by atoms with Crippen molar-refractivity contribution < 1.29 is 5.11 Å². The maximum absolute atomic E-state index is 10.6. The number of anilines is 2. The van der Waals surface area contributed by atoms with Crippen molar-refractivity contribution in [3.63, 3.8) is 0 Å². The van der Waals surface area contributed by atoms with E-state index in [-0.39, 0.29) is 0 Å². The van der Waals surface area contributed by atoms with E-state index in [2.05, 4.69) is 34.4 Å². The minimum absolute atomic E-state index is 0.559. The SMILES string of the molecule is CCCNc1nc(C)cc(NCC2(O)CCC(C)CC2)n1. The Labute approximate surface area is 127 Å². The van der Waals surface area contributed by atoms with E-state index in [1.807, 2.05) is 13.0 Å². The van der Waals surface area contributed by atoms with E-state index in [0.717, 1.165) is 56.1 Å². The highest BCUT2D eigenvalue weighted by Crippen LogP contribution is 2.31. The van der Waals surface area contributed by atoms with Gasteiger partial charge in [-0.05, 0) is 44.9 Å². The molecule has 5 heteroatoms. The Kier molecular flexibility index (Phi) is 5.39. The van der Waals surface area contributed by atoms with Gasteiger partial charge in [0.05, 0.1) is 5.60 Å². The van der Waals surface area contributed by atoms with Crippen molar-refractivity contribution in [3.05, 3.63) is 11.8 Å². The monoisotopic (exact) mass is 292 g/mol. The van der Waals surface area contributed by atoms with Crippen LogP contribution in [0.2, 0.25) is 0 Å². The number of hydrogen-bond acceptors (Lipinski definition) is 5. The summed E-state index contributed by atoms with van der Waals surface area (Å²) in [4.78, 5) is 8.83. The minimum Gasteiger partial charge on any atom is -0.388 e. The van der Waals surface area contributed by atoms with Gasteiger partial charge in [-0.25, -0.2) is 4.98 Å². The van der Waals surface area contributed by atoms with Gasteiger partial charge in [-0.3, -0.25) is 0 Å². The number of rotatable bonds is 6. The van der Waals surface area contributed by atoms with Gasteiger partial charge < -0.3 is 15.7 Å². The molecule has 0 amide bonds. The predicted octanol–water partition coefficient (Wildman–Crippen LogP) is 2.96. The number of aliphatic hydroxyl groups is 1. The Morgan fingerprint density at radius 1 is 1.29 bits per heavy atom. The largest absolute Gasteiger partial charge is 0.388 e. The van der Waals surface area contributed by atoms with Gasteiger partial charge in [0.2, 0.25) is 5.95 Å². The van der Waals surface area contributed by atoms with Crippen LogP contribution in [-0.2, 0) is 0 Å². The van der Waals surface area contributed by atoms with Gasteiger partial charge in [0.15, 0.2) is 0 Å². The van der Waals surface area contributed by atoms with Gasteiger partial charge in [0, 0.05) is 24.8 Å². The Balaban J connectivity index is 1.94. The van der Waals surface area contributed by atoms with Crippen LogP contribution in [0.3, 0.4) is 0 Å². The molecular formula is C16H28N4O. The van der Waals surface area contributed by atoms with Gasteiger partial charge in [-0.2, -0.15) is 4.98 Å². The zero-order valence-corrected chi connectivity index (χ0v) is 13.4. The van der Waals surface area contributed by atoms with Crippen LogP contribution >= 0.6 is 0 Å². The van der Waals surface area contributed by atoms with Crippen LogP contribution in [0.25, 0.3) is 0 Å². The molecule has 1 fully saturated rings. The first kappa shape index (κ1) is 16.0. The molecule has 0 atom stereocenters. The number of aromatic nitrogens is 2. The van der Waals surface area contributed by atoms with Crippen molar-refractivity contribution in [3.8, 4) is 0 Å². The summed E-state index contributed by atoms with van der Waals surface area (Å²) < 4.78 is 0. The third-order valence-electron chi connectivity index (χ3n) is 4.19. The molecule has 0 bridgehead atoms. The Hall–Kier alpha value is -1.36. The molecule has 5 nitrogen and oxygen atoms in total. The first-order valence-corrected chi connectivity index (χ1v) is 8.06. The van der Waals surface area contributed by atoms with Crippen molar-refractivity contribution >= 4 is 11.8 Å². The normalized spacial score (nSPS) is 25.6. The van der Waals surface area contributed by atoms with Crippen LogP contribution in [0.1, 0.15) is 51.6 Å². The molecule has 1 saturated carbocycles. The van der Waals surface area contributed by atoms with Gasteiger partial charge >= 0.3 is 0 Å². The average molecular weight is 292 g/mol. The van der Waals surface area contributed by atoms with E-state index < -0.39 is 5.60 Å². The molecule has 1 aromatic rings. The third kappa shape index (κ3) is 4.84. The van der Waals surface area contributed by atoms with Crippen LogP contribution in [0.4, 0.5) is 11.8 Å². The van der Waals surface area contributed by atoms with E-state index in [0.29, 0.717) is 12.5 Å². The van der Waals surface area contributed by atoms with E-state index in [4.69, 9.17) is 0 Å². The fourth-order valence-electron chi connectivity index (χ4n) is 2.71. The van der Waals surface area contributed by atoms with Crippen LogP contribution in [0.15, 0.2) is 6.07 Å². The van der Waals surface area contributed by atoms with E-state index in [1.54, 1.807) is 0 Å². The molecular weight excluding hydrogens is 264 g/mol. The number of nitrogens with one attached hydrogen (secondary N) is 2. The molecule has 2 rings (SSSR count). The topological polar surface area (TPSA) is 70.1 Å². The Morgan fingerprint density at radius 3 is 2.67 bits per heavy atom. The fourth-order valence-corrected chi connectivity index (χ4v) is 2.71. The summed E-state index contributed by atoms with van der Waals surface area (Å²) in [5.41, 5.74) is 0.331. The second-order valence-corrected chi connectivity index (χ2v) is 6.41. The Morgan fingerprint density at radius 2 is 2.00 bits per heavy atom. The van der Waals surface area contributed by atoms with Crippen LogP contribution in [0.5, 0.6) is 0 Å². The molecule has 0 saturated heterocycles. The first-order chi connectivity index (χ1) is 10.0. The maximum atomic E-state index is 10.6. The molecule has 1 aromatic heterocycles. The lowest BCUT2D eigenvalue weighted by Gasteiger charge is -2.35. The molecule has 0 aliphatic heterocycles. The summed E-state index contributed by atoms with van der Waals surface area (Å²) in [7, 11) is 0. The lowest BCUT2D eigenvalue weighted by Crippen LogP contribution is -2.40. The highest BCUT2D eigenvalue weighted by atomic mass is 16.3. The molecule has 1 aliphatic carbocycles. The number of hydrogen-bond donors (Lipinski definition) is 3. The molecule has 0 aromatic carbocycles. The highest BCUT2D eigenvalue weighted by molar-refractivity contribution is 5.42. The van der Waals surface area contributed by atoms with Crippen LogP contribution in [-0.4, -0.2) is 33.8 Å². The van der Waals surface area contributed by atoms with Crippen LogP contribution < -0.4 is 10.6 Å². The summed E-state index contributed by atoms with van der Waals surface area (Å²) in [5.74, 6) is 2.17. The second kappa shape index (κ2) is 7.07. The fraction of sp³-hybridized carbons (Fsp3) is 0.750. The number of nitrogens with zero attached hydrogens (tertiary/aromatic N) is 2. The summed E-state index contributed by atoms with van der Waals surface area (Å²) in [6.45, 7) is 7.75. The van der Waals surface area contributed by atoms with E-state index in [9.17, 15) is 5.11 Å². The second-order valence-electron chi connectivity index (χ2n) is 6.41. The summed E-state index contributed by atoms with van der Waals surface area (Å²) in [6.07, 6.45) is 4.98. The molecule has 0 radical (unpaired) electrons. The van der Waals surface area contributed by atoms with Crippen molar-refractivity contribution in [2.24, 2.45) is 5.92 Å². The average Bonchev–Trinajstić information content (AvgIpc) is 2.46. The first-order valence-electron chi connectivity index (χ1n) is 8.06.